The van der Waals surface area contributed by atoms with E-state index in [1.54, 1.807) is 0 Å². The summed E-state index contributed by atoms with van der Waals surface area (Å²) in [6.45, 7) is 45.6. The quantitative estimate of drug-likeness (QED) is 0.0248. The van der Waals surface area contributed by atoms with E-state index in [1.807, 2.05) is 0 Å². The molecule has 2 saturated heterocycles. The van der Waals surface area contributed by atoms with Crippen LogP contribution in [0.25, 0.3) is 0 Å². The number of carbonyl (C=O) groups excluding carboxylic acids is 2. The lowest BCUT2D eigenvalue weighted by Crippen LogP contribution is -2.69. The molecule has 0 N–H and O–H groups in total. The molecule has 0 amide bonds. The molecule has 2 aliphatic rings. The maximum Gasteiger partial charge on any atom is 0.305 e. The zero-order valence-corrected chi connectivity index (χ0v) is 62.9. The van der Waals surface area contributed by atoms with E-state index in [0.29, 0.717) is 12.8 Å². The van der Waals surface area contributed by atoms with Gasteiger partial charge in [0, 0.05) is 12.8 Å². The van der Waals surface area contributed by atoms with Crippen LogP contribution in [0.2, 0.25) is 118 Å². The van der Waals surface area contributed by atoms with Gasteiger partial charge in [-0.2, -0.15) is 0 Å². The maximum atomic E-state index is 13.7. The number of hydrogen-bond donors (Lipinski definition) is 0. The Morgan fingerprint density at radius 2 is 0.659 bits per heavy atom. The minimum absolute atomic E-state index is 0.0427. The van der Waals surface area contributed by atoms with Crippen molar-refractivity contribution in [1.82, 2.24) is 0 Å². The molecule has 0 bridgehead atoms. The van der Waals surface area contributed by atoms with Crippen LogP contribution in [-0.2, 0) is 59.8 Å². The fourth-order valence-electron chi connectivity index (χ4n) is 10.5. The van der Waals surface area contributed by atoms with Gasteiger partial charge in [0.25, 0.3) is 0 Å². The number of unbranched alkanes of at least 4 members (excludes halogenated alkanes) is 19. The lowest BCUT2D eigenvalue weighted by Gasteiger charge is -2.53. The molecule has 0 aliphatic carbocycles. The number of esters is 2. The summed E-state index contributed by atoms with van der Waals surface area (Å²) >= 11 is 0. The lowest BCUT2D eigenvalue weighted by molar-refractivity contribution is -0.368. The highest BCUT2D eigenvalue weighted by molar-refractivity contribution is 6.71. The summed E-state index contributed by atoms with van der Waals surface area (Å²) in [4.78, 5) is 27.3. The highest BCUT2D eigenvalue weighted by Crippen LogP contribution is 2.39. The van der Waals surface area contributed by atoms with Crippen molar-refractivity contribution in [3.05, 3.63) is 12.2 Å². The lowest BCUT2D eigenvalue weighted by atomic mass is 9.98. The summed E-state index contributed by atoms with van der Waals surface area (Å²) < 4.78 is 77.0. The molecule has 484 valence electrons. The Hall–Kier alpha value is -0.379. The molecule has 82 heavy (non-hydrogen) atoms. The molecule has 0 radical (unpaired) electrons. The molecule has 0 unspecified atom stereocenters. The van der Waals surface area contributed by atoms with Crippen LogP contribution in [-0.4, -0.2) is 136 Å². The van der Waals surface area contributed by atoms with Gasteiger partial charge in [0.2, 0.25) is 0 Å². The van der Waals surface area contributed by atoms with Crippen molar-refractivity contribution in [2.24, 2.45) is 5.92 Å². The van der Waals surface area contributed by atoms with Gasteiger partial charge in [0.1, 0.15) is 62.0 Å². The van der Waals surface area contributed by atoms with Crippen LogP contribution >= 0.6 is 0 Å². The third kappa shape index (κ3) is 37.5. The highest BCUT2D eigenvalue weighted by atomic mass is 28.4. The number of rotatable bonds is 45. The zero-order valence-electron chi connectivity index (χ0n) is 56.9. The Kier molecular flexibility index (Phi) is 36.9. The normalized spacial score (nSPS) is 24.4. The van der Waals surface area contributed by atoms with E-state index in [0.717, 1.165) is 57.3 Å². The second-order valence-corrected chi connectivity index (χ2v) is 57.0. The fourth-order valence-corrected chi connectivity index (χ4v) is 17.0. The molecule has 0 aromatic rings. The molecular weight excluding hydrogens is 1130 g/mol. The van der Waals surface area contributed by atoms with Crippen LogP contribution in [0.15, 0.2) is 12.2 Å². The van der Waals surface area contributed by atoms with Crippen molar-refractivity contribution < 1.29 is 59.8 Å². The average Bonchev–Trinajstić information content (AvgIpc) is 3.51. The third-order valence-corrected chi connectivity index (χ3v) is 19.9. The van der Waals surface area contributed by atoms with Crippen molar-refractivity contribution in [3.8, 4) is 0 Å². The van der Waals surface area contributed by atoms with Gasteiger partial charge in [-0.05, 0) is 162 Å². The van der Waals surface area contributed by atoms with E-state index < -0.39 is 111 Å². The average molecular weight is 1260 g/mol. The van der Waals surface area contributed by atoms with E-state index in [-0.39, 0.29) is 25.2 Å². The van der Waals surface area contributed by atoms with Gasteiger partial charge in [0.15, 0.2) is 62.5 Å². The van der Waals surface area contributed by atoms with Crippen LogP contribution in [0, 0.1) is 5.92 Å². The molecule has 2 fully saturated rings. The van der Waals surface area contributed by atoms with Crippen LogP contribution < -0.4 is 0 Å². The Labute approximate surface area is 510 Å². The molecular formula is C63H130O13Si6. The molecule has 10 atom stereocenters. The highest BCUT2D eigenvalue weighted by Gasteiger charge is 2.57. The number of allylic oxidation sites excluding steroid dienone is 2. The van der Waals surface area contributed by atoms with Crippen molar-refractivity contribution in [2.45, 2.75) is 361 Å². The summed E-state index contributed by atoms with van der Waals surface area (Å²) in [7, 11) is -14.0. The molecule has 2 aliphatic heterocycles. The van der Waals surface area contributed by atoms with Crippen molar-refractivity contribution in [3.63, 3.8) is 0 Å². The van der Waals surface area contributed by atoms with E-state index in [1.165, 1.54) is 96.3 Å². The Balaban J connectivity index is 2.45. The first-order valence-electron chi connectivity index (χ1n) is 33.1. The Bertz CT molecular complexity index is 1730. The molecule has 13 nitrogen and oxygen atoms in total. The summed E-state index contributed by atoms with van der Waals surface area (Å²) in [6, 6.07) is 0. The molecule has 0 saturated carbocycles. The largest absolute Gasteiger partial charge is 0.463 e. The first-order valence-corrected chi connectivity index (χ1v) is 53.5. The van der Waals surface area contributed by atoms with Crippen molar-refractivity contribution in [2.75, 3.05) is 13.2 Å². The Morgan fingerprint density at radius 1 is 0.378 bits per heavy atom. The third-order valence-electron chi connectivity index (χ3n) is 14.0. The second-order valence-electron chi connectivity index (χ2n) is 30.2. The number of hydrogen-bond acceptors (Lipinski definition) is 13. The Morgan fingerprint density at radius 3 is 0.976 bits per heavy atom. The minimum Gasteiger partial charge on any atom is -0.463 e. The van der Waals surface area contributed by atoms with Gasteiger partial charge in [0.05, 0.1) is 0 Å². The van der Waals surface area contributed by atoms with Crippen LogP contribution in [0.1, 0.15) is 181 Å². The second kappa shape index (κ2) is 38.9. The predicted molar refractivity (Wildman–Crippen MR) is 355 cm³/mol. The molecule has 19 heteroatoms. The van der Waals surface area contributed by atoms with E-state index in [9.17, 15) is 9.59 Å². The van der Waals surface area contributed by atoms with Gasteiger partial charge in [-0.25, -0.2) is 0 Å². The van der Waals surface area contributed by atoms with Crippen LogP contribution in [0.3, 0.4) is 0 Å². The first kappa shape index (κ1) is 77.7. The molecule has 2 rings (SSSR count). The van der Waals surface area contributed by atoms with Gasteiger partial charge in [-0.3, -0.25) is 9.59 Å². The molecule has 2 heterocycles. The van der Waals surface area contributed by atoms with Crippen molar-refractivity contribution >= 4 is 61.8 Å². The topological polar surface area (TPSA) is 136 Å². The number of ether oxygens (including phenoxy) is 5. The maximum absolute atomic E-state index is 13.7. The van der Waals surface area contributed by atoms with E-state index >= 15 is 0 Å². The zero-order chi connectivity index (χ0) is 61.8. The predicted octanol–water partition coefficient (Wildman–Crippen LogP) is 17.8. The number of carbonyl (C=O) groups is 2. The van der Waals surface area contributed by atoms with Crippen LogP contribution in [0.5, 0.6) is 0 Å². The smallest absolute Gasteiger partial charge is 0.305 e. The van der Waals surface area contributed by atoms with Crippen LogP contribution in [0.4, 0.5) is 0 Å². The summed E-state index contributed by atoms with van der Waals surface area (Å²) in [5, 5.41) is 0. The SMILES string of the molecule is CCCCCCCC/C=C\CCCCCCCC(=O)OC[C@H]1O[C@H](O[C@H]2O[C@H](COC(=O)CCCCCCCCCCCC(C)C)[C@@H](O[Si](C)(C)C)[C@H](O[Si](C)(C)C)[C@H]2O[Si](C)(C)C)[C@H](O[Si](C)(C)C)[C@@H](O[Si](C)(C)C)[C@@H]1O[Si](C)(C)C. The van der Waals surface area contributed by atoms with E-state index in [4.69, 9.17) is 50.2 Å². The van der Waals surface area contributed by atoms with Gasteiger partial charge >= 0.3 is 11.9 Å². The van der Waals surface area contributed by atoms with Gasteiger partial charge < -0.3 is 50.2 Å². The fraction of sp³-hybridized carbons (Fsp3) is 0.937. The summed E-state index contributed by atoms with van der Waals surface area (Å²) in [6.07, 6.45) is 25.1. The van der Waals surface area contributed by atoms with Crippen molar-refractivity contribution in [1.29, 1.82) is 0 Å². The summed E-state index contributed by atoms with van der Waals surface area (Å²) in [5.41, 5.74) is 0. The summed E-state index contributed by atoms with van der Waals surface area (Å²) in [5.74, 6) is 0.267. The van der Waals surface area contributed by atoms with Gasteiger partial charge in [-0.15, -0.1) is 0 Å². The minimum atomic E-state index is -2.38. The van der Waals surface area contributed by atoms with E-state index in [2.05, 4.69) is 151 Å². The first-order chi connectivity index (χ1) is 38.1. The molecule has 0 spiro atoms. The molecule has 0 aromatic heterocycles. The molecule has 0 aromatic carbocycles. The monoisotopic (exact) mass is 1260 g/mol. The van der Waals surface area contributed by atoms with Gasteiger partial charge in [-0.1, -0.05) is 142 Å². The standard InChI is InChI=1S/C63H130O13Si6/c1-22-23-24-25-26-27-28-29-30-31-32-35-38-41-44-47-54(64)66-49-52-56(71-77(4,5)6)58(73-79(10,11)12)60(75-81(16,17)18)62(68-52)70-63-61(76-82(19,20)21)59(74-80(13,14)15)57(72-78(7,8)9)53(69-63)50-67-55(65)48-45-42-39-36-33-34-37-40-43-46-51(2)3/h29-30,51-53,56-63H,22-28,31-50H2,1-21H3/b30-29-/t52-,53-,56-,57-,58+,59+,60-,61-,62-,63-/m1/s1.